The van der Waals surface area contributed by atoms with E-state index in [2.05, 4.69) is 0 Å². The monoisotopic (exact) mass is 260 g/mol. The predicted octanol–water partition coefficient (Wildman–Crippen LogP) is 2.22. The van der Waals surface area contributed by atoms with Gasteiger partial charge in [-0.1, -0.05) is 23.2 Å². The first-order valence-electron chi connectivity index (χ1n) is 4.16. The molecule has 1 N–H and O–H groups in total. The Morgan fingerprint density at radius 1 is 1.12 bits per heavy atom. The van der Waals surface area contributed by atoms with Gasteiger partial charge in [0.2, 0.25) is 11.6 Å². The van der Waals surface area contributed by atoms with Gasteiger partial charge in [-0.15, -0.1) is 0 Å². The molecule has 84 valence electrons. The molecule has 0 fully saturated rings. The van der Waals surface area contributed by atoms with Gasteiger partial charge in [0.15, 0.2) is 0 Å². The zero-order chi connectivity index (χ0) is 12.3. The lowest BCUT2D eigenvalue weighted by molar-refractivity contribution is -0.139. The van der Waals surface area contributed by atoms with Crippen molar-refractivity contribution in [3.63, 3.8) is 0 Å². The third-order valence-electron chi connectivity index (χ3n) is 1.75. The quantitative estimate of drug-likeness (QED) is 0.512. The van der Waals surface area contributed by atoms with Gasteiger partial charge in [-0.2, -0.15) is 0 Å². The summed E-state index contributed by atoms with van der Waals surface area (Å²) in [6.07, 6.45) is -0.834. The molecule has 0 aliphatic heterocycles. The Hall–Kier alpha value is -1.39. The summed E-state index contributed by atoms with van der Waals surface area (Å²) in [5.74, 6) is -3.23. The molecule has 0 spiro atoms. The summed E-state index contributed by atoms with van der Waals surface area (Å²) in [5, 5.41) is 8.75. The molecule has 0 atom stereocenters. The standard InChI is InChI=1S/C10H6Cl2O4/c11-6-2-1-5(3-7(6)12)10(16)8(13)4-9(14)15/h1-3H,4H2,(H,14,15). The predicted molar refractivity (Wildman–Crippen MR) is 58.1 cm³/mol. The van der Waals surface area contributed by atoms with Crippen LogP contribution in [0.25, 0.3) is 0 Å². The summed E-state index contributed by atoms with van der Waals surface area (Å²) in [6, 6.07) is 3.91. The van der Waals surface area contributed by atoms with Crippen molar-refractivity contribution in [3.05, 3.63) is 33.8 Å². The highest BCUT2D eigenvalue weighted by molar-refractivity contribution is 6.47. The van der Waals surface area contributed by atoms with Crippen molar-refractivity contribution in [2.24, 2.45) is 0 Å². The van der Waals surface area contributed by atoms with Gasteiger partial charge >= 0.3 is 5.97 Å². The van der Waals surface area contributed by atoms with Crippen molar-refractivity contribution in [3.8, 4) is 0 Å². The molecule has 4 nitrogen and oxygen atoms in total. The topological polar surface area (TPSA) is 71.4 Å². The number of carboxylic acid groups (broad SMARTS) is 1. The highest BCUT2D eigenvalue weighted by atomic mass is 35.5. The van der Waals surface area contributed by atoms with Gasteiger partial charge in [0.25, 0.3) is 0 Å². The van der Waals surface area contributed by atoms with E-state index >= 15 is 0 Å². The molecule has 1 aromatic rings. The van der Waals surface area contributed by atoms with Gasteiger partial charge in [-0.3, -0.25) is 14.4 Å². The van der Waals surface area contributed by atoms with Crippen LogP contribution in [0.3, 0.4) is 0 Å². The third kappa shape index (κ3) is 3.05. The molecule has 0 heterocycles. The summed E-state index contributed by atoms with van der Waals surface area (Å²) < 4.78 is 0. The second-order valence-corrected chi connectivity index (χ2v) is 3.77. The zero-order valence-corrected chi connectivity index (χ0v) is 9.38. The number of ketones is 2. The summed E-state index contributed by atoms with van der Waals surface area (Å²) in [7, 11) is 0. The van der Waals surface area contributed by atoms with Crippen LogP contribution < -0.4 is 0 Å². The maximum absolute atomic E-state index is 11.4. The lowest BCUT2D eigenvalue weighted by Crippen LogP contribution is -2.17. The number of aliphatic carboxylic acids is 1. The molecule has 0 radical (unpaired) electrons. The van der Waals surface area contributed by atoms with Crippen molar-refractivity contribution in [1.29, 1.82) is 0 Å². The van der Waals surface area contributed by atoms with E-state index < -0.39 is 24.0 Å². The van der Waals surface area contributed by atoms with Crippen LogP contribution in [0, 0.1) is 0 Å². The molecule has 0 aliphatic carbocycles. The van der Waals surface area contributed by atoms with Crippen LogP contribution in [0.1, 0.15) is 16.8 Å². The van der Waals surface area contributed by atoms with E-state index in [0.29, 0.717) is 0 Å². The van der Waals surface area contributed by atoms with E-state index in [0.717, 1.165) is 0 Å². The van der Waals surface area contributed by atoms with Crippen LogP contribution >= 0.6 is 23.2 Å². The largest absolute Gasteiger partial charge is 0.481 e. The fraction of sp³-hybridized carbons (Fsp3) is 0.100. The first-order chi connectivity index (χ1) is 7.41. The number of hydrogen-bond acceptors (Lipinski definition) is 3. The number of carbonyl (C=O) groups is 3. The van der Waals surface area contributed by atoms with Gasteiger partial charge in [0.1, 0.15) is 6.42 Å². The SMILES string of the molecule is O=C(O)CC(=O)C(=O)c1ccc(Cl)c(Cl)c1. The molecule has 1 rings (SSSR count). The Balaban J connectivity index is 2.92. The lowest BCUT2D eigenvalue weighted by atomic mass is 10.1. The molecule has 0 saturated carbocycles. The second-order valence-electron chi connectivity index (χ2n) is 2.95. The molecule has 0 saturated heterocycles. The number of rotatable bonds is 4. The maximum atomic E-state index is 11.4. The molecule has 0 amide bonds. The average Bonchev–Trinajstić information content (AvgIpc) is 2.20. The Bertz CT molecular complexity index is 468. The number of carbonyl (C=O) groups excluding carboxylic acids is 2. The van der Waals surface area contributed by atoms with Gasteiger partial charge in [-0.05, 0) is 18.2 Å². The number of Topliss-reactive ketones (excluding diaryl/α,β-unsaturated/α-hetero) is 2. The fourth-order valence-electron chi connectivity index (χ4n) is 1.02. The van der Waals surface area contributed by atoms with Gasteiger partial charge in [0.05, 0.1) is 10.0 Å². The van der Waals surface area contributed by atoms with E-state index in [1.54, 1.807) is 0 Å². The Labute approximate surface area is 101 Å². The van der Waals surface area contributed by atoms with Gasteiger partial charge < -0.3 is 5.11 Å². The smallest absolute Gasteiger partial charge is 0.311 e. The van der Waals surface area contributed by atoms with Gasteiger partial charge in [-0.25, -0.2) is 0 Å². The van der Waals surface area contributed by atoms with Crippen molar-refractivity contribution in [1.82, 2.24) is 0 Å². The van der Waals surface area contributed by atoms with Crippen LogP contribution in [-0.2, 0) is 9.59 Å². The van der Waals surface area contributed by atoms with E-state index in [-0.39, 0.29) is 15.6 Å². The molecular formula is C10H6Cl2O4. The number of halogens is 2. The van der Waals surface area contributed by atoms with E-state index in [4.69, 9.17) is 28.3 Å². The van der Waals surface area contributed by atoms with E-state index in [9.17, 15) is 14.4 Å². The van der Waals surface area contributed by atoms with E-state index in [1.165, 1.54) is 18.2 Å². The summed E-state index contributed by atoms with van der Waals surface area (Å²) in [4.78, 5) is 32.8. The zero-order valence-electron chi connectivity index (χ0n) is 7.87. The molecule has 0 aliphatic rings. The summed E-state index contributed by atoms with van der Waals surface area (Å²) in [5.41, 5.74) is 0.0284. The van der Waals surface area contributed by atoms with Crippen LogP contribution in [0.2, 0.25) is 10.0 Å². The Morgan fingerprint density at radius 2 is 1.75 bits per heavy atom. The van der Waals surface area contributed by atoms with Crippen LogP contribution in [0.4, 0.5) is 0 Å². The van der Waals surface area contributed by atoms with Crippen LogP contribution in [0.15, 0.2) is 18.2 Å². The highest BCUT2D eigenvalue weighted by Gasteiger charge is 2.19. The van der Waals surface area contributed by atoms with Crippen molar-refractivity contribution < 1.29 is 19.5 Å². The maximum Gasteiger partial charge on any atom is 0.311 e. The first kappa shape index (κ1) is 12.7. The minimum atomic E-state index is -1.35. The minimum Gasteiger partial charge on any atom is -0.481 e. The fourth-order valence-corrected chi connectivity index (χ4v) is 1.31. The van der Waals surface area contributed by atoms with Crippen molar-refractivity contribution in [2.75, 3.05) is 0 Å². The second kappa shape index (κ2) is 5.09. The van der Waals surface area contributed by atoms with Crippen LogP contribution in [0.5, 0.6) is 0 Å². The molecule has 0 unspecified atom stereocenters. The molecular weight excluding hydrogens is 255 g/mol. The summed E-state index contributed by atoms with van der Waals surface area (Å²) in [6.45, 7) is 0. The number of carboxylic acids is 1. The Morgan fingerprint density at radius 3 is 2.25 bits per heavy atom. The normalized spacial score (nSPS) is 9.88. The van der Waals surface area contributed by atoms with Gasteiger partial charge in [0, 0.05) is 5.56 Å². The van der Waals surface area contributed by atoms with Crippen molar-refractivity contribution in [2.45, 2.75) is 6.42 Å². The molecule has 1 aromatic carbocycles. The number of hydrogen-bond donors (Lipinski definition) is 1. The highest BCUT2D eigenvalue weighted by Crippen LogP contribution is 2.22. The summed E-state index contributed by atoms with van der Waals surface area (Å²) >= 11 is 11.3. The molecule has 0 aromatic heterocycles. The first-order valence-corrected chi connectivity index (χ1v) is 4.92. The molecule has 0 bridgehead atoms. The van der Waals surface area contributed by atoms with Crippen LogP contribution in [-0.4, -0.2) is 22.6 Å². The van der Waals surface area contributed by atoms with Crippen molar-refractivity contribution >= 4 is 40.7 Å². The average molecular weight is 261 g/mol. The number of benzene rings is 1. The Kier molecular flexibility index (Phi) is 4.04. The minimum absolute atomic E-state index is 0.0284. The lowest BCUT2D eigenvalue weighted by Gasteiger charge is -2.00. The molecule has 16 heavy (non-hydrogen) atoms. The van der Waals surface area contributed by atoms with E-state index in [1.807, 2.05) is 0 Å². The third-order valence-corrected chi connectivity index (χ3v) is 2.49. The molecule has 6 heteroatoms.